The van der Waals surface area contributed by atoms with Gasteiger partial charge in [-0.15, -0.1) is 0 Å². The van der Waals surface area contributed by atoms with Crippen LogP contribution >= 0.6 is 23.2 Å². The molecule has 2 heterocycles. The largest absolute Gasteiger partial charge is 0.481 e. The number of halogens is 2. The summed E-state index contributed by atoms with van der Waals surface area (Å²) in [5.41, 5.74) is 3.00. The number of carboxylic acid groups (broad SMARTS) is 1. The van der Waals surface area contributed by atoms with Crippen LogP contribution in [0.25, 0.3) is 0 Å². The number of aryl methyl sites for hydroxylation is 1. The number of hydrogen-bond acceptors (Lipinski definition) is 4. The normalized spacial score (nSPS) is 14.2. The number of benzene rings is 1. The van der Waals surface area contributed by atoms with Crippen LogP contribution in [-0.4, -0.2) is 29.2 Å². The fourth-order valence-corrected chi connectivity index (χ4v) is 4.46. The summed E-state index contributed by atoms with van der Waals surface area (Å²) >= 11 is 12.2. The molecule has 33 heavy (non-hydrogen) atoms. The number of carboxylic acids is 1. The molecule has 0 spiro atoms. The molecule has 0 radical (unpaired) electrons. The van der Waals surface area contributed by atoms with E-state index in [1.54, 1.807) is 18.3 Å². The van der Waals surface area contributed by atoms with E-state index in [0.717, 1.165) is 23.7 Å². The van der Waals surface area contributed by atoms with Gasteiger partial charge in [-0.3, -0.25) is 4.79 Å². The molecule has 0 bridgehead atoms. The summed E-state index contributed by atoms with van der Waals surface area (Å²) in [7, 11) is 0. The van der Waals surface area contributed by atoms with Crippen LogP contribution in [0.3, 0.4) is 0 Å². The van der Waals surface area contributed by atoms with Crippen molar-refractivity contribution in [3.63, 3.8) is 0 Å². The Morgan fingerprint density at radius 1 is 1.15 bits per heavy atom. The van der Waals surface area contributed by atoms with E-state index in [-0.39, 0.29) is 6.61 Å². The van der Waals surface area contributed by atoms with E-state index in [1.807, 2.05) is 12.1 Å². The quantitative estimate of drug-likeness (QED) is 0.305. The van der Waals surface area contributed by atoms with Gasteiger partial charge in [-0.05, 0) is 49.2 Å². The zero-order valence-electron chi connectivity index (χ0n) is 19.7. The Morgan fingerprint density at radius 2 is 1.85 bits per heavy atom. The molecule has 0 amide bonds. The van der Waals surface area contributed by atoms with Gasteiger partial charge in [0, 0.05) is 28.4 Å². The van der Waals surface area contributed by atoms with Gasteiger partial charge >= 0.3 is 5.97 Å². The first-order valence-electron chi connectivity index (χ1n) is 11.9. The van der Waals surface area contributed by atoms with Crippen molar-refractivity contribution in [3.05, 3.63) is 57.2 Å². The van der Waals surface area contributed by atoms with E-state index in [0.29, 0.717) is 16.5 Å². The van der Waals surface area contributed by atoms with Crippen LogP contribution in [0.1, 0.15) is 80.9 Å². The van der Waals surface area contributed by atoms with Gasteiger partial charge in [0.05, 0.1) is 0 Å². The van der Waals surface area contributed by atoms with E-state index in [4.69, 9.17) is 33.0 Å². The third kappa shape index (κ3) is 9.52. The summed E-state index contributed by atoms with van der Waals surface area (Å²) in [5.74, 6) is -0.958. The minimum atomic E-state index is -0.859. The molecule has 1 aliphatic rings. The maximum absolute atomic E-state index is 10.7. The Balaban J connectivity index is 0.000000268. The third-order valence-electron chi connectivity index (χ3n) is 5.75. The highest BCUT2D eigenvalue weighted by atomic mass is 35.5. The zero-order chi connectivity index (χ0) is 24.1. The molecule has 1 aromatic heterocycles. The summed E-state index contributed by atoms with van der Waals surface area (Å²) in [4.78, 5) is 14.6. The number of carbonyl (C=O) groups is 1. The molecule has 2 N–H and O–H groups in total. The van der Waals surface area contributed by atoms with Gasteiger partial charge in [-0.2, -0.15) is 0 Å². The topological polar surface area (TPSA) is 71.5 Å². The van der Waals surface area contributed by atoms with Crippen molar-refractivity contribution in [1.82, 2.24) is 10.3 Å². The predicted octanol–water partition coefficient (Wildman–Crippen LogP) is 7.17. The van der Waals surface area contributed by atoms with Gasteiger partial charge < -0.3 is 15.2 Å². The molecule has 0 aliphatic carbocycles. The van der Waals surface area contributed by atoms with Crippen LogP contribution in [0.2, 0.25) is 10.0 Å². The highest BCUT2D eigenvalue weighted by Gasteiger charge is 2.30. The number of nitrogens with one attached hydrogen (secondary N) is 1. The maximum Gasteiger partial charge on any atom is 0.314 e. The molecule has 1 aliphatic heterocycles. The Kier molecular flexibility index (Phi) is 12.6. The summed E-state index contributed by atoms with van der Waals surface area (Å²) in [5, 5.41) is 13.7. The summed E-state index contributed by atoms with van der Waals surface area (Å²) in [6.07, 6.45) is 12.4. The number of fused-ring (bicyclic) bond motifs is 1. The van der Waals surface area contributed by atoms with Crippen molar-refractivity contribution in [3.8, 4) is 5.88 Å². The first-order chi connectivity index (χ1) is 15.9. The number of aromatic nitrogens is 1. The second-order valence-corrected chi connectivity index (χ2v) is 9.28. The standard InChI is InChI=1S/C18H29Cl2N.C8H7NO3/c1-3-4-5-6-7-8-9-10-11-21-14-17-15(2)12-16(19)13-18(17)20;10-8(11)6-4-12-7-5(6)2-1-3-9-7/h12-13,21H,3-11,14H2,1-2H3;1-3,6H,4H2,(H,10,11)/t;6-/m.0/s1. The molecule has 7 heteroatoms. The predicted molar refractivity (Wildman–Crippen MR) is 136 cm³/mol. The van der Waals surface area contributed by atoms with Crippen molar-refractivity contribution in [2.75, 3.05) is 13.2 Å². The second-order valence-electron chi connectivity index (χ2n) is 8.43. The molecule has 0 fully saturated rings. The molecule has 0 unspecified atom stereocenters. The lowest BCUT2D eigenvalue weighted by atomic mass is 10.0. The first-order valence-corrected chi connectivity index (χ1v) is 12.6. The number of nitrogens with zero attached hydrogens (tertiary/aromatic N) is 1. The van der Waals surface area contributed by atoms with Crippen molar-refractivity contribution in [2.45, 2.75) is 77.7 Å². The molecule has 1 aromatic carbocycles. The molecular formula is C26H36Cl2N2O3. The van der Waals surface area contributed by atoms with Crippen LogP contribution < -0.4 is 10.1 Å². The SMILES string of the molecule is CCCCCCCCCCNCc1c(C)cc(Cl)cc1Cl.O=C(O)[C@H]1COc2ncccc21. The Morgan fingerprint density at radius 3 is 2.52 bits per heavy atom. The average molecular weight is 495 g/mol. The highest BCUT2D eigenvalue weighted by Crippen LogP contribution is 2.31. The summed E-state index contributed by atoms with van der Waals surface area (Å²) in [6, 6.07) is 7.24. The van der Waals surface area contributed by atoms with Crippen LogP contribution in [0, 0.1) is 6.92 Å². The molecule has 0 saturated carbocycles. The molecule has 1 atom stereocenters. The molecule has 0 saturated heterocycles. The number of unbranched alkanes of at least 4 members (excludes halogenated alkanes) is 7. The fraction of sp³-hybridized carbons (Fsp3) is 0.538. The van der Waals surface area contributed by atoms with E-state index in [2.05, 4.69) is 24.1 Å². The van der Waals surface area contributed by atoms with Gasteiger partial charge in [-0.25, -0.2) is 4.98 Å². The number of ether oxygens (including phenoxy) is 1. The van der Waals surface area contributed by atoms with Gasteiger partial charge in [0.25, 0.3) is 0 Å². The van der Waals surface area contributed by atoms with E-state index >= 15 is 0 Å². The van der Waals surface area contributed by atoms with E-state index in [1.165, 1.54) is 56.9 Å². The van der Waals surface area contributed by atoms with Crippen LogP contribution in [0.5, 0.6) is 5.88 Å². The number of rotatable bonds is 12. The van der Waals surface area contributed by atoms with Gasteiger partial charge in [0.2, 0.25) is 5.88 Å². The number of pyridine rings is 1. The summed E-state index contributed by atoms with van der Waals surface area (Å²) < 4.78 is 5.08. The zero-order valence-corrected chi connectivity index (χ0v) is 21.2. The average Bonchev–Trinajstić information content (AvgIpc) is 3.21. The second kappa shape index (κ2) is 15.2. The minimum absolute atomic E-state index is 0.196. The molecule has 182 valence electrons. The van der Waals surface area contributed by atoms with Gasteiger partial charge in [0.1, 0.15) is 12.5 Å². The lowest BCUT2D eigenvalue weighted by Crippen LogP contribution is -2.15. The molecule has 2 aromatic rings. The summed E-state index contributed by atoms with van der Waals surface area (Å²) in [6.45, 7) is 6.42. The molecule has 3 rings (SSSR count). The molecule has 5 nitrogen and oxygen atoms in total. The van der Waals surface area contributed by atoms with Crippen molar-refractivity contribution in [2.24, 2.45) is 0 Å². The van der Waals surface area contributed by atoms with Crippen LogP contribution in [0.15, 0.2) is 30.5 Å². The van der Waals surface area contributed by atoms with Crippen LogP contribution in [-0.2, 0) is 11.3 Å². The van der Waals surface area contributed by atoms with Crippen LogP contribution in [0.4, 0.5) is 0 Å². The van der Waals surface area contributed by atoms with Crippen molar-refractivity contribution >= 4 is 29.2 Å². The van der Waals surface area contributed by atoms with Crippen molar-refractivity contribution < 1.29 is 14.6 Å². The van der Waals surface area contributed by atoms with E-state index in [9.17, 15) is 4.79 Å². The van der Waals surface area contributed by atoms with Gasteiger partial charge in [-0.1, -0.05) is 81.1 Å². The minimum Gasteiger partial charge on any atom is -0.481 e. The van der Waals surface area contributed by atoms with Gasteiger partial charge in [0.15, 0.2) is 0 Å². The number of aliphatic carboxylic acids is 1. The fourth-order valence-electron chi connectivity index (χ4n) is 3.80. The Bertz CT molecular complexity index is 853. The van der Waals surface area contributed by atoms with Crippen molar-refractivity contribution in [1.29, 1.82) is 0 Å². The lowest BCUT2D eigenvalue weighted by molar-refractivity contribution is -0.138. The monoisotopic (exact) mass is 494 g/mol. The Labute approximate surface area is 207 Å². The third-order valence-corrected chi connectivity index (χ3v) is 6.31. The van der Waals surface area contributed by atoms with E-state index < -0.39 is 11.9 Å². The lowest BCUT2D eigenvalue weighted by Gasteiger charge is -2.10. The molecular weight excluding hydrogens is 459 g/mol. The maximum atomic E-state index is 10.7. The Hall–Kier alpha value is -1.82. The highest BCUT2D eigenvalue weighted by molar-refractivity contribution is 6.35. The first kappa shape index (κ1) is 27.4. The smallest absolute Gasteiger partial charge is 0.314 e. The number of hydrogen-bond donors (Lipinski definition) is 2.